The fraction of sp³-hybridized carbons (Fsp3) is 0.298. The molecule has 0 amide bonds. The summed E-state index contributed by atoms with van der Waals surface area (Å²) in [6.45, 7) is -0.483. The van der Waals surface area contributed by atoms with Crippen LogP contribution >= 0.6 is 0 Å². The first-order chi connectivity index (χ1) is 30.4. The van der Waals surface area contributed by atoms with Crippen LogP contribution in [0, 0.1) is 45.0 Å². The Morgan fingerprint density at radius 1 is 0.808 bits per heavy atom. The van der Waals surface area contributed by atoms with Crippen LogP contribution in [-0.4, -0.2) is 15.0 Å². The molecular weight excluding hydrogens is 815 g/mol. The number of fused-ring (bicyclic) bond motifs is 3. The molecule has 7 aromatic rings. The van der Waals surface area contributed by atoms with Gasteiger partial charge in [-0.3, -0.25) is 0 Å². The molecule has 0 N–H and O–H groups in total. The minimum Gasteiger partial charge on any atom is -0.486 e. The summed E-state index contributed by atoms with van der Waals surface area (Å²) in [5, 5.41) is 1.22. The average molecular weight is 879 g/mol. The topological polar surface area (TPSA) is 51.8 Å². The first-order valence-corrected chi connectivity index (χ1v) is 16.8. The molecule has 4 nitrogen and oxygen atoms in total. The van der Waals surface area contributed by atoms with Crippen molar-refractivity contribution in [2.24, 2.45) is 5.41 Å². The maximum Gasteiger partial charge on any atom is 0.216 e. The number of rotatable bonds is 7. The minimum absolute atomic E-state index is 0. The molecular formula is C47H49IrN3O-2. The number of benzene rings is 3. The van der Waals surface area contributed by atoms with E-state index in [0.717, 1.165) is 0 Å². The van der Waals surface area contributed by atoms with E-state index in [0.29, 0.717) is 57.1 Å². The van der Waals surface area contributed by atoms with Crippen molar-refractivity contribution in [1.29, 1.82) is 0 Å². The summed E-state index contributed by atoms with van der Waals surface area (Å²) in [5.41, 5.74) is 3.24. The molecule has 4 heterocycles. The summed E-state index contributed by atoms with van der Waals surface area (Å²) in [6, 6.07) is 26.9. The van der Waals surface area contributed by atoms with E-state index in [9.17, 15) is 0 Å². The van der Waals surface area contributed by atoms with Crippen molar-refractivity contribution in [1.82, 2.24) is 15.0 Å². The fourth-order valence-electron chi connectivity index (χ4n) is 5.93. The monoisotopic (exact) mass is 879 g/mol. The van der Waals surface area contributed by atoms with E-state index in [1.807, 2.05) is 34.6 Å². The predicted octanol–water partition coefficient (Wildman–Crippen LogP) is 12.8. The fourth-order valence-corrected chi connectivity index (χ4v) is 5.93. The molecule has 4 aromatic heterocycles. The zero-order valence-corrected chi connectivity index (χ0v) is 32.1. The minimum atomic E-state index is -2.61. The smallest absolute Gasteiger partial charge is 0.216 e. The van der Waals surface area contributed by atoms with Gasteiger partial charge in [-0.25, -0.2) is 4.98 Å². The van der Waals surface area contributed by atoms with Gasteiger partial charge in [-0.05, 0) is 108 Å². The number of aromatic nitrogens is 3. The number of hydrogen-bond donors (Lipinski definition) is 0. The third-order valence-corrected chi connectivity index (χ3v) is 8.40. The number of furan rings is 1. The second kappa shape index (κ2) is 16.5. The third kappa shape index (κ3) is 8.77. The molecule has 1 radical (unpaired) electrons. The van der Waals surface area contributed by atoms with Gasteiger partial charge >= 0.3 is 0 Å². The second-order valence-electron chi connectivity index (χ2n) is 13.2. The van der Waals surface area contributed by atoms with Gasteiger partial charge < -0.3 is 14.4 Å². The van der Waals surface area contributed by atoms with Crippen molar-refractivity contribution in [3.05, 3.63) is 137 Å². The van der Waals surface area contributed by atoms with E-state index < -0.39 is 45.1 Å². The summed E-state index contributed by atoms with van der Waals surface area (Å²) in [6.07, 6.45) is 2.20. The van der Waals surface area contributed by atoms with Crippen LogP contribution in [0.5, 0.6) is 0 Å². The third-order valence-electron chi connectivity index (χ3n) is 8.40. The molecule has 0 saturated carbocycles. The van der Waals surface area contributed by atoms with Gasteiger partial charge in [0.15, 0.2) is 0 Å². The van der Waals surface area contributed by atoms with Crippen molar-refractivity contribution < 1.29 is 45.1 Å². The van der Waals surface area contributed by atoms with Gasteiger partial charge in [0.2, 0.25) is 5.71 Å². The Balaban J connectivity index is 0.000000296. The van der Waals surface area contributed by atoms with Crippen LogP contribution in [-0.2, 0) is 26.5 Å². The van der Waals surface area contributed by atoms with E-state index in [1.165, 1.54) is 36.7 Å². The average Bonchev–Trinajstić information content (AvgIpc) is 3.63. The van der Waals surface area contributed by atoms with E-state index in [2.05, 4.69) is 27.1 Å². The van der Waals surface area contributed by atoms with E-state index in [4.69, 9.17) is 25.0 Å². The van der Waals surface area contributed by atoms with Gasteiger partial charge in [-0.15, -0.1) is 53.6 Å². The Morgan fingerprint density at radius 3 is 2.31 bits per heavy atom. The first kappa shape index (κ1) is 23.3. The zero-order valence-electron chi connectivity index (χ0n) is 44.7. The molecule has 0 fully saturated rings. The molecule has 5 heteroatoms. The van der Waals surface area contributed by atoms with Crippen molar-refractivity contribution >= 4 is 22.1 Å². The van der Waals surface area contributed by atoms with E-state index in [1.54, 1.807) is 54.6 Å². The molecule has 7 rings (SSSR count). The van der Waals surface area contributed by atoms with Crippen LogP contribution in [0.15, 0.2) is 95.7 Å². The quantitative estimate of drug-likeness (QED) is 0.150. The van der Waals surface area contributed by atoms with Crippen LogP contribution in [0.4, 0.5) is 0 Å². The normalized spacial score (nSPS) is 17.1. The molecule has 0 atom stereocenters. The molecule has 0 aliphatic carbocycles. The standard InChI is InChI=1S/C30H29N2O.C17H20N.Ir/c1-6-21(7-2)22-12-14-23(18(3)15-22)27-16-28(31-17-19(27)4)26-10-8-9-24-25-13-11-20(5)32-30(25)33-29(24)26;1-13-5-8-15(9-6-13)16-10-7-14(12-18-16)11-17(2,3)4;/h8-9,11-17,21H,6-7H2,1-5H3;5-8,10,12H,11H2,1-4H3;/q2*-1;/i3D3,4D3,5D3,21D;1D3,11D2;. The zero-order chi connectivity index (χ0) is 49.0. The summed E-state index contributed by atoms with van der Waals surface area (Å²) in [5.74, 6) is -0.992. The Labute approximate surface area is 344 Å². The molecule has 52 heavy (non-hydrogen) atoms. The number of aryl methyl sites for hydroxylation is 4. The Hall–Kier alpha value is -4.44. The van der Waals surface area contributed by atoms with Crippen molar-refractivity contribution in [3.63, 3.8) is 0 Å². The maximum absolute atomic E-state index is 8.86. The van der Waals surface area contributed by atoms with Gasteiger partial charge in [0.1, 0.15) is 0 Å². The van der Waals surface area contributed by atoms with Crippen LogP contribution in [0.25, 0.3) is 55.7 Å². The van der Waals surface area contributed by atoms with Gasteiger partial charge in [-0.2, -0.15) is 0 Å². The molecule has 0 spiro atoms. The molecule has 3 aromatic carbocycles. The molecule has 269 valence electrons. The van der Waals surface area contributed by atoms with Gasteiger partial charge in [0, 0.05) is 64.1 Å². The van der Waals surface area contributed by atoms with Crippen molar-refractivity contribution in [2.75, 3.05) is 0 Å². The summed E-state index contributed by atoms with van der Waals surface area (Å²) in [4.78, 5) is 12.9. The molecule has 0 aliphatic rings. The Bertz CT molecular complexity index is 2850. The Morgan fingerprint density at radius 2 is 1.63 bits per heavy atom. The first-order valence-electron chi connectivity index (χ1n) is 24.3. The van der Waals surface area contributed by atoms with Crippen LogP contribution in [0.2, 0.25) is 0 Å². The van der Waals surface area contributed by atoms with Crippen LogP contribution < -0.4 is 0 Å². The van der Waals surface area contributed by atoms with E-state index >= 15 is 0 Å². The largest absolute Gasteiger partial charge is 0.486 e. The predicted molar refractivity (Wildman–Crippen MR) is 213 cm³/mol. The number of nitrogens with zero attached hydrogens (tertiary/aromatic N) is 3. The molecule has 0 unspecified atom stereocenters. The summed E-state index contributed by atoms with van der Waals surface area (Å²) in [7, 11) is 0. The van der Waals surface area contributed by atoms with E-state index in [-0.39, 0.29) is 65.0 Å². The molecule has 0 saturated heterocycles. The SMILES string of the molecule is [2H]C([2H])([2H])c1c[c-]c(-c2ccc(C([2H])([2H])C(C)(C)C)cn2)cc1.[2H]C([2H])([2H])c1ccc2c(n1)oc1c(-c3cc(-c4ccc(C([2H])(CC)CC)cc4C([2H])([2H])[2H])c(C([2H])([2H])[2H])cn3)[c-]ccc12.[Ir]. The number of hydrogen-bond acceptors (Lipinski definition) is 4. The second-order valence-corrected chi connectivity index (χ2v) is 13.2. The Kier molecular flexibility index (Phi) is 7.38. The van der Waals surface area contributed by atoms with Gasteiger partial charge in [0.25, 0.3) is 0 Å². The van der Waals surface area contributed by atoms with Crippen LogP contribution in [0.1, 0.15) is 107 Å². The van der Waals surface area contributed by atoms with Crippen molar-refractivity contribution in [2.45, 2.75) is 87.1 Å². The maximum atomic E-state index is 8.86. The molecule has 0 bridgehead atoms. The summed E-state index contributed by atoms with van der Waals surface area (Å²) >= 11 is 0. The molecule has 0 aliphatic heterocycles. The van der Waals surface area contributed by atoms with Crippen LogP contribution in [0.3, 0.4) is 0 Å². The van der Waals surface area contributed by atoms with Gasteiger partial charge in [-0.1, -0.05) is 88.8 Å². The van der Waals surface area contributed by atoms with Crippen molar-refractivity contribution in [3.8, 4) is 33.6 Å². The number of pyridine rings is 3. The van der Waals surface area contributed by atoms with Gasteiger partial charge in [0.05, 0.1) is 5.58 Å². The summed E-state index contributed by atoms with van der Waals surface area (Å²) < 4.78 is 126.